The highest BCUT2D eigenvalue weighted by Gasteiger charge is 2.13. The Morgan fingerprint density at radius 3 is 2.58 bits per heavy atom. The minimum absolute atomic E-state index is 0.234. The normalized spacial score (nSPS) is 10.9. The van der Waals surface area contributed by atoms with Gasteiger partial charge in [0.15, 0.2) is 0 Å². The van der Waals surface area contributed by atoms with Gasteiger partial charge in [-0.2, -0.15) is 0 Å². The smallest absolute Gasteiger partial charge is 0.270 e. The quantitative estimate of drug-likeness (QED) is 0.457. The lowest BCUT2D eigenvalue weighted by atomic mass is 10.1. The van der Waals surface area contributed by atoms with Crippen molar-refractivity contribution in [2.45, 2.75) is 26.9 Å². The molecule has 0 aliphatic carbocycles. The zero-order valence-electron chi connectivity index (χ0n) is 17.4. The van der Waals surface area contributed by atoms with E-state index in [2.05, 4.69) is 14.9 Å². The second kappa shape index (κ2) is 9.18. The van der Waals surface area contributed by atoms with Gasteiger partial charge in [-0.25, -0.2) is 4.98 Å². The Balaban J connectivity index is 1.49. The Hall–Kier alpha value is -3.38. The third-order valence-electron chi connectivity index (χ3n) is 5.03. The molecule has 2 aromatic heterocycles. The molecule has 6 nitrogen and oxygen atoms in total. The standard InChI is InChI=1S/C24H23ClN4O2/c1-16-13-18(14-17(2)23(16)25)31-12-11-29-21-9-4-3-7-19(21)28-22(29)15-27-24(30)20-8-5-6-10-26-20/h3-10,13-14H,11-12,15H2,1-2H3,(H,27,30). The second-order valence-corrected chi connectivity index (χ2v) is 7.66. The van der Waals surface area contributed by atoms with Crippen molar-refractivity contribution in [3.8, 4) is 5.75 Å². The van der Waals surface area contributed by atoms with Crippen LogP contribution in [0.4, 0.5) is 0 Å². The zero-order chi connectivity index (χ0) is 21.8. The molecule has 0 radical (unpaired) electrons. The number of pyridine rings is 1. The summed E-state index contributed by atoms with van der Waals surface area (Å²) in [4.78, 5) is 21.2. The number of halogens is 1. The van der Waals surface area contributed by atoms with Gasteiger partial charge >= 0.3 is 0 Å². The number of amides is 1. The van der Waals surface area contributed by atoms with E-state index in [9.17, 15) is 4.79 Å². The zero-order valence-corrected chi connectivity index (χ0v) is 18.2. The van der Waals surface area contributed by atoms with Crippen LogP contribution in [0.2, 0.25) is 5.02 Å². The lowest BCUT2D eigenvalue weighted by Gasteiger charge is -2.13. The van der Waals surface area contributed by atoms with E-state index in [1.165, 1.54) is 0 Å². The van der Waals surface area contributed by atoms with Gasteiger partial charge in [-0.3, -0.25) is 9.78 Å². The number of nitrogens with one attached hydrogen (secondary N) is 1. The highest BCUT2D eigenvalue weighted by Crippen LogP contribution is 2.26. The maximum Gasteiger partial charge on any atom is 0.270 e. The van der Waals surface area contributed by atoms with Crippen molar-refractivity contribution >= 4 is 28.5 Å². The fourth-order valence-corrected chi connectivity index (χ4v) is 3.61. The number of ether oxygens (including phenoxy) is 1. The molecule has 1 amide bonds. The van der Waals surface area contributed by atoms with Crippen molar-refractivity contribution in [2.75, 3.05) is 6.61 Å². The minimum atomic E-state index is -0.234. The summed E-state index contributed by atoms with van der Waals surface area (Å²) in [6.45, 7) is 5.28. The van der Waals surface area contributed by atoms with E-state index in [-0.39, 0.29) is 5.91 Å². The van der Waals surface area contributed by atoms with Crippen LogP contribution in [0.1, 0.15) is 27.4 Å². The number of carbonyl (C=O) groups excluding carboxylic acids is 1. The third kappa shape index (κ3) is 4.70. The molecule has 4 rings (SSSR count). The second-order valence-electron chi connectivity index (χ2n) is 7.29. The molecular weight excluding hydrogens is 412 g/mol. The van der Waals surface area contributed by atoms with E-state index < -0.39 is 0 Å². The van der Waals surface area contributed by atoms with Gasteiger partial charge in [0.1, 0.15) is 23.9 Å². The lowest BCUT2D eigenvalue weighted by Crippen LogP contribution is -2.26. The van der Waals surface area contributed by atoms with Crippen LogP contribution in [0.3, 0.4) is 0 Å². The van der Waals surface area contributed by atoms with E-state index in [0.717, 1.165) is 38.8 Å². The molecule has 0 spiro atoms. The summed E-state index contributed by atoms with van der Waals surface area (Å²) >= 11 is 6.25. The Morgan fingerprint density at radius 2 is 1.84 bits per heavy atom. The molecule has 31 heavy (non-hydrogen) atoms. The van der Waals surface area contributed by atoms with Gasteiger partial charge in [0, 0.05) is 11.2 Å². The fourth-order valence-electron chi connectivity index (χ4n) is 3.50. The first kappa shape index (κ1) is 20.9. The van der Waals surface area contributed by atoms with Crippen LogP contribution in [0.25, 0.3) is 11.0 Å². The Morgan fingerprint density at radius 1 is 1.10 bits per heavy atom. The van der Waals surface area contributed by atoms with Crippen molar-refractivity contribution < 1.29 is 9.53 Å². The molecule has 2 aromatic carbocycles. The predicted octanol–water partition coefficient (Wildman–Crippen LogP) is 4.71. The molecule has 0 bridgehead atoms. The maximum atomic E-state index is 12.4. The van der Waals surface area contributed by atoms with Crippen LogP contribution in [0.5, 0.6) is 5.75 Å². The molecule has 1 N–H and O–H groups in total. The molecule has 0 atom stereocenters. The summed E-state index contributed by atoms with van der Waals surface area (Å²) < 4.78 is 8.06. The number of aromatic nitrogens is 3. The first-order valence-corrected chi connectivity index (χ1v) is 10.4. The van der Waals surface area contributed by atoms with Gasteiger partial charge in [-0.15, -0.1) is 0 Å². The van der Waals surface area contributed by atoms with Crippen molar-refractivity contribution in [2.24, 2.45) is 0 Å². The van der Waals surface area contributed by atoms with Gasteiger partial charge in [0.2, 0.25) is 0 Å². The predicted molar refractivity (Wildman–Crippen MR) is 122 cm³/mol. The number of hydrogen-bond donors (Lipinski definition) is 1. The molecule has 4 aromatic rings. The van der Waals surface area contributed by atoms with E-state index in [0.29, 0.717) is 25.4 Å². The molecule has 0 unspecified atom stereocenters. The van der Waals surface area contributed by atoms with Crippen LogP contribution in [0, 0.1) is 13.8 Å². The monoisotopic (exact) mass is 434 g/mol. The number of hydrogen-bond acceptors (Lipinski definition) is 4. The van der Waals surface area contributed by atoms with Crippen LogP contribution in [-0.4, -0.2) is 27.0 Å². The summed E-state index contributed by atoms with van der Waals surface area (Å²) in [5, 5.41) is 3.67. The number of benzene rings is 2. The third-order valence-corrected chi connectivity index (χ3v) is 5.63. The molecule has 0 fully saturated rings. The molecule has 0 aliphatic rings. The molecule has 0 aliphatic heterocycles. The minimum Gasteiger partial charge on any atom is -0.492 e. The van der Waals surface area contributed by atoms with Crippen molar-refractivity contribution in [3.63, 3.8) is 0 Å². The molecule has 7 heteroatoms. The summed E-state index contributed by atoms with van der Waals surface area (Å²) in [5.74, 6) is 1.31. The number of rotatable bonds is 7. The Kier molecular flexibility index (Phi) is 6.18. The van der Waals surface area contributed by atoms with Crippen molar-refractivity contribution in [1.29, 1.82) is 0 Å². The van der Waals surface area contributed by atoms with Crippen LogP contribution in [-0.2, 0) is 13.1 Å². The van der Waals surface area contributed by atoms with Crippen LogP contribution in [0.15, 0.2) is 60.8 Å². The van der Waals surface area contributed by atoms with E-state index >= 15 is 0 Å². The molecule has 2 heterocycles. The van der Waals surface area contributed by atoms with Crippen molar-refractivity contribution in [3.05, 3.63) is 88.5 Å². The number of para-hydroxylation sites is 2. The number of carbonyl (C=O) groups is 1. The first-order valence-electron chi connectivity index (χ1n) is 10.1. The number of fused-ring (bicyclic) bond motifs is 1. The molecular formula is C24H23ClN4O2. The average molecular weight is 435 g/mol. The number of nitrogens with zero attached hydrogens (tertiary/aromatic N) is 3. The fraction of sp³-hybridized carbons (Fsp3) is 0.208. The highest BCUT2D eigenvalue weighted by molar-refractivity contribution is 6.32. The number of imidazole rings is 1. The van der Waals surface area contributed by atoms with E-state index in [1.807, 2.05) is 50.2 Å². The maximum absolute atomic E-state index is 12.4. The van der Waals surface area contributed by atoms with Gasteiger partial charge in [0.25, 0.3) is 5.91 Å². The summed E-state index contributed by atoms with van der Waals surface area (Å²) in [6, 6.07) is 17.0. The SMILES string of the molecule is Cc1cc(OCCn2c(CNC(=O)c3ccccn3)nc3ccccc32)cc(C)c1Cl. The van der Waals surface area contributed by atoms with Gasteiger partial charge < -0.3 is 14.6 Å². The van der Waals surface area contributed by atoms with Gasteiger partial charge in [-0.05, 0) is 61.4 Å². The Bertz CT molecular complexity index is 1200. The molecule has 0 saturated heterocycles. The summed E-state index contributed by atoms with van der Waals surface area (Å²) in [7, 11) is 0. The molecule has 158 valence electrons. The van der Waals surface area contributed by atoms with E-state index in [4.69, 9.17) is 21.3 Å². The van der Waals surface area contributed by atoms with Gasteiger partial charge in [0.05, 0.1) is 24.1 Å². The van der Waals surface area contributed by atoms with Crippen LogP contribution >= 0.6 is 11.6 Å². The lowest BCUT2D eigenvalue weighted by molar-refractivity contribution is 0.0944. The van der Waals surface area contributed by atoms with Crippen LogP contribution < -0.4 is 10.1 Å². The number of aryl methyl sites for hydroxylation is 2. The van der Waals surface area contributed by atoms with Crippen molar-refractivity contribution in [1.82, 2.24) is 19.9 Å². The highest BCUT2D eigenvalue weighted by atomic mass is 35.5. The average Bonchev–Trinajstić information content (AvgIpc) is 3.14. The van der Waals surface area contributed by atoms with Gasteiger partial charge in [-0.1, -0.05) is 29.8 Å². The molecule has 0 saturated carbocycles. The largest absolute Gasteiger partial charge is 0.492 e. The summed E-state index contributed by atoms with van der Waals surface area (Å²) in [5.41, 5.74) is 4.23. The Labute approximate surface area is 185 Å². The summed E-state index contributed by atoms with van der Waals surface area (Å²) in [6.07, 6.45) is 1.60. The van der Waals surface area contributed by atoms with E-state index in [1.54, 1.807) is 24.4 Å². The topological polar surface area (TPSA) is 69.0 Å². The first-order chi connectivity index (χ1) is 15.0.